The zero-order valence-corrected chi connectivity index (χ0v) is 22.1. The van der Waals surface area contributed by atoms with E-state index in [1.807, 2.05) is 13.8 Å². The summed E-state index contributed by atoms with van der Waals surface area (Å²) < 4.78 is 39.8. The Bertz CT molecular complexity index is 1130. The molecule has 0 saturated carbocycles. The fourth-order valence-corrected chi connectivity index (χ4v) is 4.66. The molecule has 0 aliphatic heterocycles. The van der Waals surface area contributed by atoms with Crippen molar-refractivity contribution in [2.24, 2.45) is 0 Å². The highest BCUT2D eigenvalue weighted by Crippen LogP contribution is 2.23. The van der Waals surface area contributed by atoms with Crippen LogP contribution in [0.3, 0.4) is 0 Å². The van der Waals surface area contributed by atoms with E-state index in [4.69, 9.17) is 11.6 Å². The Morgan fingerprint density at radius 2 is 1.71 bits per heavy atom. The normalized spacial score (nSPS) is 13.1. The number of halogens is 2. The highest BCUT2D eigenvalue weighted by Gasteiger charge is 2.28. The molecule has 0 aliphatic rings. The predicted octanol–water partition coefficient (Wildman–Crippen LogP) is 4.36. The van der Waals surface area contributed by atoms with E-state index < -0.39 is 21.9 Å². The number of hydrogen-bond acceptors (Lipinski definition) is 4. The maximum atomic E-state index is 14.3. The molecule has 0 bridgehead atoms. The Morgan fingerprint density at radius 3 is 2.31 bits per heavy atom. The van der Waals surface area contributed by atoms with Gasteiger partial charge in [-0.05, 0) is 50.5 Å². The average Bonchev–Trinajstić information content (AvgIpc) is 2.80. The Morgan fingerprint density at radius 1 is 1.09 bits per heavy atom. The third-order valence-electron chi connectivity index (χ3n) is 5.74. The minimum atomic E-state index is -3.77. The molecule has 2 amide bonds. The van der Waals surface area contributed by atoms with E-state index in [0.717, 1.165) is 17.0 Å². The van der Waals surface area contributed by atoms with Crippen molar-refractivity contribution in [3.05, 3.63) is 64.9 Å². The maximum absolute atomic E-state index is 14.3. The number of nitrogens with zero attached hydrogens (tertiary/aromatic N) is 2. The van der Waals surface area contributed by atoms with Gasteiger partial charge in [0.2, 0.25) is 21.8 Å². The number of amides is 2. The van der Waals surface area contributed by atoms with Crippen LogP contribution in [0.1, 0.15) is 45.6 Å². The van der Waals surface area contributed by atoms with E-state index in [-0.39, 0.29) is 49.5 Å². The number of nitrogens with one attached hydrogen (secondary N) is 1. The molecule has 0 aliphatic carbocycles. The number of carbonyl (C=O) groups excluding carboxylic acids is 2. The van der Waals surface area contributed by atoms with Gasteiger partial charge < -0.3 is 10.2 Å². The molecular formula is C25H33ClFN3O4S. The van der Waals surface area contributed by atoms with Gasteiger partial charge in [-0.3, -0.25) is 13.9 Å². The zero-order chi connectivity index (χ0) is 26.2. The van der Waals surface area contributed by atoms with Gasteiger partial charge in [0.15, 0.2) is 0 Å². The van der Waals surface area contributed by atoms with Crippen LogP contribution in [0.2, 0.25) is 5.02 Å². The van der Waals surface area contributed by atoms with Crippen LogP contribution < -0.4 is 9.62 Å². The minimum Gasteiger partial charge on any atom is -0.352 e. The van der Waals surface area contributed by atoms with E-state index in [0.29, 0.717) is 10.6 Å². The van der Waals surface area contributed by atoms with Crippen LogP contribution >= 0.6 is 11.6 Å². The first-order chi connectivity index (χ1) is 16.5. The van der Waals surface area contributed by atoms with Crippen molar-refractivity contribution in [3.63, 3.8) is 0 Å². The van der Waals surface area contributed by atoms with E-state index >= 15 is 0 Å². The van der Waals surface area contributed by atoms with Crippen molar-refractivity contribution in [3.8, 4) is 0 Å². The molecule has 2 rings (SSSR count). The Kier molecular flexibility index (Phi) is 10.5. The second-order valence-electron chi connectivity index (χ2n) is 8.50. The van der Waals surface area contributed by atoms with Crippen molar-refractivity contribution in [2.75, 3.05) is 17.1 Å². The molecule has 192 valence electrons. The van der Waals surface area contributed by atoms with E-state index in [2.05, 4.69) is 5.32 Å². The molecule has 0 unspecified atom stereocenters. The first-order valence-corrected chi connectivity index (χ1v) is 13.7. The molecule has 0 radical (unpaired) electrons. The van der Waals surface area contributed by atoms with Gasteiger partial charge in [-0.2, -0.15) is 0 Å². The Balaban J connectivity index is 2.20. The van der Waals surface area contributed by atoms with Crippen LogP contribution in [0, 0.1) is 5.82 Å². The largest absolute Gasteiger partial charge is 0.352 e. The Labute approximate surface area is 212 Å². The maximum Gasteiger partial charge on any atom is 0.242 e. The lowest BCUT2D eigenvalue weighted by Crippen LogP contribution is -2.49. The molecule has 1 N–H and O–H groups in total. The van der Waals surface area contributed by atoms with Gasteiger partial charge in [-0.1, -0.05) is 48.9 Å². The molecule has 7 nitrogen and oxygen atoms in total. The molecule has 0 aromatic heterocycles. The number of para-hydroxylation sites is 1. The van der Waals surface area contributed by atoms with Crippen molar-refractivity contribution < 1.29 is 22.4 Å². The average molecular weight is 526 g/mol. The van der Waals surface area contributed by atoms with Crippen LogP contribution in [-0.2, 0) is 26.2 Å². The van der Waals surface area contributed by atoms with Gasteiger partial charge in [-0.15, -0.1) is 0 Å². The van der Waals surface area contributed by atoms with Crippen LogP contribution in [-0.4, -0.2) is 50.0 Å². The SMILES string of the molecule is CC[C@H](C)NC(=O)[C@H](C)N(Cc1ccccc1Cl)C(=O)CCCN(c1ccccc1F)S(C)(=O)=O. The van der Waals surface area contributed by atoms with Crippen molar-refractivity contribution >= 4 is 39.1 Å². The van der Waals surface area contributed by atoms with Crippen molar-refractivity contribution in [1.29, 1.82) is 0 Å². The summed E-state index contributed by atoms with van der Waals surface area (Å²) in [6.45, 7) is 5.52. The lowest BCUT2D eigenvalue weighted by atomic mass is 10.1. The van der Waals surface area contributed by atoms with E-state index in [1.165, 1.54) is 23.1 Å². The molecule has 0 saturated heterocycles. The molecule has 35 heavy (non-hydrogen) atoms. The van der Waals surface area contributed by atoms with Crippen LogP contribution in [0.5, 0.6) is 0 Å². The minimum absolute atomic E-state index is 0.0358. The molecule has 2 aromatic carbocycles. The predicted molar refractivity (Wildman–Crippen MR) is 137 cm³/mol. The molecule has 0 heterocycles. The highest BCUT2D eigenvalue weighted by atomic mass is 35.5. The summed E-state index contributed by atoms with van der Waals surface area (Å²) in [5.74, 6) is -1.29. The lowest BCUT2D eigenvalue weighted by molar-refractivity contribution is -0.140. The first-order valence-electron chi connectivity index (χ1n) is 11.5. The lowest BCUT2D eigenvalue weighted by Gasteiger charge is -2.30. The number of carbonyl (C=O) groups is 2. The third-order valence-corrected chi connectivity index (χ3v) is 7.29. The second-order valence-corrected chi connectivity index (χ2v) is 10.8. The number of hydrogen-bond donors (Lipinski definition) is 1. The van der Waals surface area contributed by atoms with Gasteiger partial charge in [0, 0.05) is 30.6 Å². The number of anilines is 1. The van der Waals surface area contributed by atoms with E-state index in [9.17, 15) is 22.4 Å². The Hall–Kier alpha value is -2.65. The van der Waals surface area contributed by atoms with Gasteiger partial charge >= 0.3 is 0 Å². The third kappa shape index (κ3) is 8.21. The fraction of sp³-hybridized carbons (Fsp3) is 0.440. The summed E-state index contributed by atoms with van der Waals surface area (Å²) in [6, 6.07) is 11.8. The summed E-state index contributed by atoms with van der Waals surface area (Å²) in [5, 5.41) is 3.37. The molecule has 0 fully saturated rings. The summed E-state index contributed by atoms with van der Waals surface area (Å²) in [4.78, 5) is 27.5. The molecule has 10 heteroatoms. The smallest absolute Gasteiger partial charge is 0.242 e. The van der Waals surface area contributed by atoms with Gasteiger partial charge in [0.1, 0.15) is 11.9 Å². The first kappa shape index (κ1) is 28.6. The molecule has 2 aromatic rings. The number of sulfonamides is 1. The highest BCUT2D eigenvalue weighted by molar-refractivity contribution is 7.92. The molecular weight excluding hydrogens is 493 g/mol. The topological polar surface area (TPSA) is 86.8 Å². The number of benzene rings is 2. The molecule has 0 spiro atoms. The standard InChI is InChI=1S/C25H33ClFN3O4S/c1-5-18(2)28-25(32)19(3)29(17-20-11-6-7-12-21(20)26)24(31)15-10-16-30(35(4,33)34)23-14-9-8-13-22(23)27/h6-9,11-14,18-19H,5,10,15-17H2,1-4H3,(H,28,32)/t18-,19-/m0/s1. The molecule has 2 atom stereocenters. The van der Waals surface area contributed by atoms with E-state index in [1.54, 1.807) is 37.3 Å². The summed E-state index contributed by atoms with van der Waals surface area (Å²) in [7, 11) is -3.77. The zero-order valence-electron chi connectivity index (χ0n) is 20.5. The number of rotatable bonds is 12. The van der Waals surface area contributed by atoms with Crippen molar-refractivity contribution in [1.82, 2.24) is 10.2 Å². The monoisotopic (exact) mass is 525 g/mol. The summed E-state index contributed by atoms with van der Waals surface area (Å²) in [5.41, 5.74) is 0.617. The van der Waals surface area contributed by atoms with Gasteiger partial charge in [0.05, 0.1) is 11.9 Å². The quantitative estimate of drug-likeness (QED) is 0.446. The summed E-state index contributed by atoms with van der Waals surface area (Å²) >= 11 is 6.30. The fourth-order valence-electron chi connectivity index (χ4n) is 3.49. The second kappa shape index (κ2) is 12.9. The van der Waals surface area contributed by atoms with Gasteiger partial charge in [0.25, 0.3) is 0 Å². The van der Waals surface area contributed by atoms with Crippen LogP contribution in [0.15, 0.2) is 48.5 Å². The van der Waals surface area contributed by atoms with Crippen molar-refractivity contribution in [2.45, 2.75) is 58.7 Å². The summed E-state index contributed by atoms with van der Waals surface area (Å²) in [6.07, 6.45) is 1.84. The van der Waals surface area contributed by atoms with Crippen LogP contribution in [0.25, 0.3) is 0 Å². The van der Waals surface area contributed by atoms with Gasteiger partial charge in [-0.25, -0.2) is 12.8 Å². The van der Waals surface area contributed by atoms with Crippen LogP contribution in [0.4, 0.5) is 10.1 Å².